The van der Waals surface area contributed by atoms with E-state index in [-0.39, 0.29) is 12.8 Å². The van der Waals surface area contributed by atoms with Crippen LogP contribution in [-0.4, -0.2) is 22.5 Å². The third kappa shape index (κ3) is 5.34. The van der Waals surface area contributed by atoms with Gasteiger partial charge in [-0.2, -0.15) is 0 Å². The topological polar surface area (TPSA) is 35.5 Å². The average Bonchev–Trinajstić information content (AvgIpc) is 2.28. The zero-order chi connectivity index (χ0) is 10.9. The molecule has 3 nitrogen and oxygen atoms in total. The molecular weight excluding hydrogens is 208 g/mol. The van der Waals surface area contributed by atoms with Crippen LogP contribution in [0.4, 0.5) is 0 Å². The highest BCUT2D eigenvalue weighted by atomic mass is 28.2. The van der Waals surface area contributed by atoms with Gasteiger partial charge in [0.1, 0.15) is 0 Å². The quantitative estimate of drug-likeness (QED) is 0.319. The molecule has 1 aromatic carbocycles. The normalized spacial score (nSPS) is 9.93. The lowest BCUT2D eigenvalue weighted by atomic mass is 10.1. The fraction of sp³-hybridized carbons (Fsp3) is 0.364. The lowest BCUT2D eigenvalue weighted by Crippen LogP contribution is -2.09. The highest BCUT2D eigenvalue weighted by Crippen LogP contribution is 2.03. The van der Waals surface area contributed by atoms with Gasteiger partial charge < -0.3 is 9.16 Å². The third-order valence-corrected chi connectivity index (χ3v) is 2.29. The van der Waals surface area contributed by atoms with Crippen LogP contribution in [0.2, 0.25) is 6.55 Å². The molecule has 0 saturated heterocycles. The van der Waals surface area contributed by atoms with Crippen LogP contribution < -0.4 is 0 Å². The van der Waals surface area contributed by atoms with Gasteiger partial charge in [0.05, 0.1) is 0 Å². The molecular formula is C11H14O3Si. The summed E-state index contributed by atoms with van der Waals surface area (Å²) in [5, 5.41) is 0. The van der Waals surface area contributed by atoms with E-state index in [2.05, 4.69) is 0 Å². The first-order valence-electron chi connectivity index (χ1n) is 4.81. The summed E-state index contributed by atoms with van der Waals surface area (Å²) in [6, 6.07) is 9.87. The Labute approximate surface area is 92.3 Å². The SMILES string of the molecule is C[Si]OCOC(=O)CCc1ccccc1. The van der Waals surface area contributed by atoms with Gasteiger partial charge >= 0.3 is 5.97 Å². The second-order valence-corrected chi connectivity index (χ2v) is 3.67. The van der Waals surface area contributed by atoms with Crippen LogP contribution in [0.5, 0.6) is 0 Å². The van der Waals surface area contributed by atoms with E-state index in [0.717, 1.165) is 5.56 Å². The van der Waals surface area contributed by atoms with Gasteiger partial charge in [-0.15, -0.1) is 0 Å². The molecule has 2 radical (unpaired) electrons. The minimum absolute atomic E-state index is 0.0720. The molecule has 80 valence electrons. The number of carbonyl (C=O) groups is 1. The van der Waals surface area contributed by atoms with E-state index in [0.29, 0.717) is 22.6 Å². The first-order chi connectivity index (χ1) is 7.33. The maximum Gasteiger partial charge on any atom is 0.308 e. The highest BCUT2D eigenvalue weighted by Gasteiger charge is 2.02. The Balaban J connectivity index is 2.17. The number of rotatable bonds is 6. The van der Waals surface area contributed by atoms with Crippen LogP contribution in [0.1, 0.15) is 12.0 Å². The summed E-state index contributed by atoms with van der Waals surface area (Å²) < 4.78 is 9.79. The predicted molar refractivity (Wildman–Crippen MR) is 58.4 cm³/mol. The fourth-order valence-corrected chi connectivity index (χ4v) is 1.29. The van der Waals surface area contributed by atoms with Crippen molar-refractivity contribution in [2.24, 2.45) is 0 Å². The van der Waals surface area contributed by atoms with Crippen molar-refractivity contribution in [3.63, 3.8) is 0 Å². The summed E-state index contributed by atoms with van der Waals surface area (Å²) >= 11 is 0. The number of hydrogen-bond acceptors (Lipinski definition) is 3. The molecule has 0 aliphatic heterocycles. The Morgan fingerprint density at radius 3 is 2.73 bits per heavy atom. The Hall–Kier alpha value is -1.13. The van der Waals surface area contributed by atoms with Crippen LogP contribution in [0.15, 0.2) is 30.3 Å². The first-order valence-corrected chi connectivity index (χ1v) is 6.22. The molecule has 0 spiro atoms. The van der Waals surface area contributed by atoms with Crippen LogP contribution in [0, 0.1) is 0 Å². The molecule has 0 atom stereocenters. The zero-order valence-corrected chi connectivity index (χ0v) is 9.73. The molecule has 0 fully saturated rings. The van der Waals surface area contributed by atoms with Crippen LogP contribution >= 0.6 is 0 Å². The van der Waals surface area contributed by atoms with Gasteiger partial charge in [0, 0.05) is 6.42 Å². The number of esters is 1. The van der Waals surface area contributed by atoms with E-state index >= 15 is 0 Å². The van der Waals surface area contributed by atoms with Crippen LogP contribution in [-0.2, 0) is 20.4 Å². The minimum Gasteiger partial charge on any atom is -0.439 e. The van der Waals surface area contributed by atoms with Crippen LogP contribution in [0.3, 0.4) is 0 Å². The second-order valence-electron chi connectivity index (χ2n) is 2.97. The average molecular weight is 222 g/mol. The van der Waals surface area contributed by atoms with E-state index in [9.17, 15) is 4.79 Å². The summed E-state index contributed by atoms with van der Waals surface area (Å²) in [4.78, 5) is 11.2. The van der Waals surface area contributed by atoms with Crippen molar-refractivity contribution >= 4 is 15.7 Å². The molecule has 15 heavy (non-hydrogen) atoms. The second kappa shape index (κ2) is 7.20. The van der Waals surface area contributed by atoms with Crippen molar-refractivity contribution in [1.29, 1.82) is 0 Å². The highest BCUT2D eigenvalue weighted by molar-refractivity contribution is 6.24. The van der Waals surface area contributed by atoms with Crippen molar-refractivity contribution in [3.8, 4) is 0 Å². The van der Waals surface area contributed by atoms with E-state index in [1.807, 2.05) is 36.9 Å². The standard InChI is InChI=1S/C11H14O3Si/c1-15-14-9-13-11(12)8-7-10-5-3-2-4-6-10/h2-6H,7-9H2,1H3. The van der Waals surface area contributed by atoms with Gasteiger partial charge in [-0.3, -0.25) is 4.79 Å². The molecule has 4 heteroatoms. The number of aryl methyl sites for hydroxylation is 1. The summed E-state index contributed by atoms with van der Waals surface area (Å²) in [7, 11) is 0.355. The van der Waals surface area contributed by atoms with Gasteiger partial charge in [-0.25, -0.2) is 0 Å². The van der Waals surface area contributed by atoms with Gasteiger partial charge in [0.2, 0.25) is 9.76 Å². The third-order valence-electron chi connectivity index (χ3n) is 1.88. The molecule has 1 rings (SSSR count). The molecule has 1 aromatic rings. The molecule has 0 aliphatic rings. The predicted octanol–water partition coefficient (Wildman–Crippen LogP) is 1.80. The van der Waals surface area contributed by atoms with Crippen molar-refractivity contribution in [2.75, 3.05) is 6.79 Å². The molecule has 0 aliphatic carbocycles. The molecule has 0 unspecified atom stereocenters. The fourth-order valence-electron chi connectivity index (χ4n) is 1.12. The van der Waals surface area contributed by atoms with Gasteiger partial charge in [0.15, 0.2) is 6.79 Å². The minimum atomic E-state index is -0.211. The summed E-state index contributed by atoms with van der Waals surface area (Å²) in [5.41, 5.74) is 1.15. The Morgan fingerprint density at radius 2 is 2.07 bits per heavy atom. The largest absolute Gasteiger partial charge is 0.439 e. The Morgan fingerprint density at radius 1 is 1.33 bits per heavy atom. The van der Waals surface area contributed by atoms with Gasteiger partial charge in [0.25, 0.3) is 0 Å². The maximum absolute atomic E-state index is 11.2. The summed E-state index contributed by atoms with van der Waals surface area (Å²) in [5.74, 6) is -0.211. The molecule has 0 N–H and O–H groups in total. The number of ether oxygens (including phenoxy) is 1. The Kier molecular flexibility index (Phi) is 5.73. The molecule has 0 heterocycles. The number of benzene rings is 1. The smallest absolute Gasteiger partial charge is 0.308 e. The number of hydrogen-bond donors (Lipinski definition) is 0. The monoisotopic (exact) mass is 222 g/mol. The summed E-state index contributed by atoms with van der Waals surface area (Å²) in [6.07, 6.45) is 1.12. The number of carbonyl (C=O) groups excluding carboxylic acids is 1. The summed E-state index contributed by atoms with van der Waals surface area (Å²) in [6.45, 7) is 1.96. The van der Waals surface area contributed by atoms with Gasteiger partial charge in [-0.1, -0.05) is 30.3 Å². The lowest BCUT2D eigenvalue weighted by Gasteiger charge is -2.04. The lowest BCUT2D eigenvalue weighted by molar-refractivity contribution is -0.150. The van der Waals surface area contributed by atoms with Crippen molar-refractivity contribution in [3.05, 3.63) is 35.9 Å². The van der Waals surface area contributed by atoms with Gasteiger partial charge in [-0.05, 0) is 18.5 Å². The van der Waals surface area contributed by atoms with Crippen molar-refractivity contribution in [1.82, 2.24) is 0 Å². The molecule has 0 saturated carbocycles. The van der Waals surface area contributed by atoms with Crippen molar-refractivity contribution in [2.45, 2.75) is 19.4 Å². The molecule has 0 amide bonds. The Bertz CT molecular complexity index is 287. The maximum atomic E-state index is 11.2. The molecule has 0 aromatic heterocycles. The van der Waals surface area contributed by atoms with Crippen LogP contribution in [0.25, 0.3) is 0 Å². The zero-order valence-electron chi connectivity index (χ0n) is 8.73. The first kappa shape index (κ1) is 11.9. The van der Waals surface area contributed by atoms with E-state index in [1.54, 1.807) is 0 Å². The van der Waals surface area contributed by atoms with Crippen molar-refractivity contribution < 1.29 is 14.0 Å². The van der Waals surface area contributed by atoms with E-state index in [1.165, 1.54) is 0 Å². The van der Waals surface area contributed by atoms with E-state index < -0.39 is 0 Å². The molecule has 0 bridgehead atoms. The van der Waals surface area contributed by atoms with E-state index in [4.69, 9.17) is 9.16 Å².